The number of rotatable bonds is 6. The molecule has 0 amide bonds. The number of nitrogens with one attached hydrogen (secondary N) is 1. The molecule has 2 aromatic carbocycles. The number of fused-ring (bicyclic) bond motifs is 5. The highest BCUT2D eigenvalue weighted by Crippen LogP contribution is 2.50. The van der Waals surface area contributed by atoms with E-state index < -0.39 is 10.0 Å². The van der Waals surface area contributed by atoms with Gasteiger partial charge in [-0.25, -0.2) is 12.7 Å². The van der Waals surface area contributed by atoms with E-state index in [2.05, 4.69) is 16.0 Å². The quantitative estimate of drug-likeness (QED) is 0.508. The normalized spacial score (nSPS) is 21.4. The summed E-state index contributed by atoms with van der Waals surface area (Å²) >= 11 is 0. The van der Waals surface area contributed by atoms with Crippen molar-refractivity contribution in [3.8, 4) is 17.2 Å². The van der Waals surface area contributed by atoms with E-state index >= 15 is 0 Å². The molecule has 9 nitrogen and oxygen atoms in total. The van der Waals surface area contributed by atoms with Gasteiger partial charge < -0.3 is 24.3 Å². The number of aromatic nitrogens is 1. The second-order valence-corrected chi connectivity index (χ2v) is 12.5. The van der Waals surface area contributed by atoms with Crippen molar-refractivity contribution in [2.24, 2.45) is 0 Å². The van der Waals surface area contributed by atoms with Crippen LogP contribution in [0.4, 0.5) is 0 Å². The minimum absolute atomic E-state index is 0.0338. The highest BCUT2D eigenvalue weighted by atomic mass is 32.2. The lowest BCUT2D eigenvalue weighted by atomic mass is 9.68. The summed E-state index contributed by atoms with van der Waals surface area (Å²) < 4.78 is 43.5. The van der Waals surface area contributed by atoms with Crippen LogP contribution in [0.2, 0.25) is 0 Å². The Morgan fingerprint density at radius 2 is 1.92 bits per heavy atom. The predicted molar refractivity (Wildman–Crippen MR) is 140 cm³/mol. The molecule has 0 aliphatic carbocycles. The lowest BCUT2D eigenvalue weighted by Gasteiger charge is -2.50. The van der Waals surface area contributed by atoms with E-state index in [9.17, 15) is 13.5 Å². The van der Waals surface area contributed by atoms with E-state index in [1.165, 1.54) is 5.56 Å². The first kappa shape index (κ1) is 24.5. The summed E-state index contributed by atoms with van der Waals surface area (Å²) in [4.78, 5) is 5.93. The fourth-order valence-corrected chi connectivity index (χ4v) is 7.44. The molecule has 0 bridgehead atoms. The van der Waals surface area contributed by atoms with Crippen LogP contribution in [-0.4, -0.2) is 73.6 Å². The second kappa shape index (κ2) is 9.20. The minimum atomic E-state index is -3.25. The van der Waals surface area contributed by atoms with Gasteiger partial charge in [-0.1, -0.05) is 6.07 Å². The zero-order valence-corrected chi connectivity index (χ0v) is 22.0. The third-order valence-electron chi connectivity index (χ3n) is 8.28. The van der Waals surface area contributed by atoms with Crippen LogP contribution in [0.15, 0.2) is 36.4 Å². The standard InChI is InChI=1S/C27H33N3O6S/c1-3-37(32,33)30-10-8-27(9-11-30)16-29(14-18-4-7-23-24(12-18)36-17-35-23)22(15-31)26-25(27)20-6-5-19(34-2)13-21(20)28-26/h4-7,12-13,22,28,31H,3,8-11,14-17H2,1-2H3/t22-/m1/s1. The summed E-state index contributed by atoms with van der Waals surface area (Å²) in [6, 6.07) is 11.8. The van der Waals surface area contributed by atoms with Crippen LogP contribution in [0.3, 0.4) is 0 Å². The molecule has 3 aliphatic rings. The molecule has 0 unspecified atom stereocenters. The van der Waals surface area contributed by atoms with E-state index in [1.807, 2.05) is 30.3 Å². The summed E-state index contributed by atoms with van der Waals surface area (Å²) in [6.07, 6.45) is 1.43. The Morgan fingerprint density at radius 1 is 1.14 bits per heavy atom. The van der Waals surface area contributed by atoms with Gasteiger partial charge in [-0.2, -0.15) is 0 Å². The molecule has 37 heavy (non-hydrogen) atoms. The van der Waals surface area contributed by atoms with Gasteiger partial charge in [0.15, 0.2) is 11.5 Å². The van der Waals surface area contributed by atoms with Crippen LogP contribution in [0.1, 0.15) is 42.6 Å². The number of hydrogen-bond acceptors (Lipinski definition) is 7. The second-order valence-electron chi connectivity index (χ2n) is 10.2. The van der Waals surface area contributed by atoms with Crippen LogP contribution in [0.5, 0.6) is 17.2 Å². The van der Waals surface area contributed by atoms with Gasteiger partial charge in [0.1, 0.15) is 5.75 Å². The smallest absolute Gasteiger partial charge is 0.231 e. The van der Waals surface area contributed by atoms with Crippen molar-refractivity contribution in [1.29, 1.82) is 0 Å². The monoisotopic (exact) mass is 527 g/mol. The van der Waals surface area contributed by atoms with Gasteiger partial charge >= 0.3 is 0 Å². The van der Waals surface area contributed by atoms with Crippen LogP contribution in [-0.2, 0) is 22.0 Å². The first-order chi connectivity index (χ1) is 17.9. The SMILES string of the molecule is CCS(=O)(=O)N1CCC2(CC1)CN(Cc1ccc3c(c1)OCO3)[C@H](CO)c1[nH]c3cc(OC)ccc3c12. The molecule has 10 heteroatoms. The Morgan fingerprint density at radius 3 is 2.65 bits per heavy atom. The first-order valence-corrected chi connectivity index (χ1v) is 14.4. The van der Waals surface area contributed by atoms with Crippen LogP contribution in [0, 0.1) is 0 Å². The summed E-state index contributed by atoms with van der Waals surface area (Å²) in [5.41, 5.74) is 4.01. The zero-order valence-electron chi connectivity index (χ0n) is 21.2. The number of methoxy groups -OCH3 is 1. The third-order valence-corrected chi connectivity index (χ3v) is 10.2. The maximum Gasteiger partial charge on any atom is 0.231 e. The molecule has 3 aliphatic heterocycles. The fraction of sp³-hybridized carbons (Fsp3) is 0.481. The van der Waals surface area contributed by atoms with Crippen LogP contribution in [0.25, 0.3) is 10.9 Å². The van der Waals surface area contributed by atoms with Crippen LogP contribution < -0.4 is 14.2 Å². The van der Waals surface area contributed by atoms with E-state index in [-0.39, 0.29) is 30.6 Å². The van der Waals surface area contributed by atoms with Crippen molar-refractivity contribution < 1.29 is 27.7 Å². The fourth-order valence-electron chi connectivity index (χ4n) is 6.34. The van der Waals surface area contributed by atoms with Crippen molar-refractivity contribution in [3.05, 3.63) is 53.2 Å². The van der Waals surface area contributed by atoms with Crippen molar-refractivity contribution >= 4 is 20.9 Å². The molecule has 1 aromatic heterocycles. The number of aromatic amines is 1. The molecule has 198 valence electrons. The molecule has 1 spiro atoms. The average Bonchev–Trinajstić information content (AvgIpc) is 3.53. The molecule has 0 saturated carbocycles. The predicted octanol–water partition coefficient (Wildman–Crippen LogP) is 3.14. The molecule has 1 fully saturated rings. The highest BCUT2D eigenvalue weighted by molar-refractivity contribution is 7.89. The number of aliphatic hydroxyl groups excluding tert-OH is 1. The third kappa shape index (κ3) is 4.06. The lowest BCUT2D eigenvalue weighted by molar-refractivity contribution is 0.0535. The van der Waals surface area contributed by atoms with Gasteiger partial charge in [-0.15, -0.1) is 0 Å². The van der Waals surface area contributed by atoms with Crippen molar-refractivity contribution in [1.82, 2.24) is 14.2 Å². The van der Waals surface area contributed by atoms with E-state index in [0.29, 0.717) is 32.5 Å². The Balaban J connectivity index is 1.42. The van der Waals surface area contributed by atoms with Gasteiger partial charge in [0.2, 0.25) is 16.8 Å². The Hall–Kier alpha value is -2.79. The first-order valence-electron chi connectivity index (χ1n) is 12.8. The molecule has 6 rings (SSSR count). The highest BCUT2D eigenvalue weighted by Gasteiger charge is 2.48. The van der Waals surface area contributed by atoms with Gasteiger partial charge in [0.25, 0.3) is 0 Å². The topological polar surface area (TPSA) is 104 Å². The number of ether oxygens (including phenoxy) is 3. The molecule has 3 aromatic rings. The maximum atomic E-state index is 12.6. The number of piperidine rings is 1. The lowest BCUT2D eigenvalue weighted by Crippen LogP contribution is -2.54. The summed E-state index contributed by atoms with van der Waals surface area (Å²) in [6.45, 7) is 4.21. The molecule has 1 atom stereocenters. The minimum Gasteiger partial charge on any atom is -0.497 e. The summed E-state index contributed by atoms with van der Waals surface area (Å²) in [5.74, 6) is 2.36. The molecule has 2 N–H and O–H groups in total. The van der Waals surface area contributed by atoms with Gasteiger partial charge in [-0.05, 0) is 55.2 Å². The summed E-state index contributed by atoms with van der Waals surface area (Å²) in [7, 11) is -1.59. The number of benzene rings is 2. The van der Waals surface area contributed by atoms with Gasteiger partial charge in [0, 0.05) is 54.3 Å². The maximum absolute atomic E-state index is 12.6. The molecule has 4 heterocycles. The van der Waals surface area contributed by atoms with Gasteiger partial charge in [0.05, 0.1) is 25.5 Å². The van der Waals surface area contributed by atoms with Gasteiger partial charge in [-0.3, -0.25) is 4.90 Å². The molecular formula is C27H33N3O6S. The van der Waals surface area contributed by atoms with E-state index in [4.69, 9.17) is 14.2 Å². The Kier molecular flexibility index (Phi) is 6.10. The number of aliphatic hydroxyl groups is 1. The largest absolute Gasteiger partial charge is 0.497 e. The Bertz CT molecular complexity index is 1430. The Labute approximate surface area is 217 Å². The summed E-state index contributed by atoms with van der Waals surface area (Å²) in [5, 5.41) is 11.7. The number of sulfonamides is 1. The van der Waals surface area contributed by atoms with Crippen molar-refractivity contribution in [2.75, 3.05) is 45.9 Å². The molecule has 0 radical (unpaired) electrons. The van der Waals surface area contributed by atoms with E-state index in [0.717, 1.165) is 46.0 Å². The average molecular weight is 528 g/mol. The number of nitrogens with zero attached hydrogens (tertiary/aromatic N) is 2. The molecule has 1 saturated heterocycles. The van der Waals surface area contributed by atoms with Crippen LogP contribution >= 0.6 is 0 Å². The number of hydrogen-bond donors (Lipinski definition) is 2. The van der Waals surface area contributed by atoms with E-state index in [1.54, 1.807) is 18.3 Å². The number of H-pyrrole nitrogens is 1. The zero-order chi connectivity index (χ0) is 25.8. The van der Waals surface area contributed by atoms with Crippen molar-refractivity contribution in [3.63, 3.8) is 0 Å². The van der Waals surface area contributed by atoms with Crippen molar-refractivity contribution in [2.45, 2.75) is 37.8 Å². The molecular weight excluding hydrogens is 494 g/mol.